The van der Waals surface area contributed by atoms with E-state index in [1.807, 2.05) is 6.07 Å². The van der Waals surface area contributed by atoms with Gasteiger partial charge in [-0.3, -0.25) is 4.79 Å². The number of aromatic nitrogens is 1. The van der Waals surface area contributed by atoms with Gasteiger partial charge in [0.2, 0.25) is 5.88 Å². The third-order valence-electron chi connectivity index (χ3n) is 1.94. The molecule has 2 rings (SSSR count). The van der Waals surface area contributed by atoms with Crippen LogP contribution in [0.15, 0.2) is 12.3 Å². The van der Waals surface area contributed by atoms with Crippen LogP contribution in [-0.2, 0) is 6.42 Å². The Balaban J connectivity index is 2.45. The number of ketones is 1. The fraction of sp³-hybridized carbons (Fsp3) is 0.333. The molecule has 0 aliphatic carbocycles. The number of hydrogen-bond donors (Lipinski definition) is 0. The second-order valence-corrected chi connectivity index (χ2v) is 2.84. The van der Waals surface area contributed by atoms with Crippen molar-refractivity contribution in [3.8, 4) is 5.88 Å². The molecule has 0 fully saturated rings. The van der Waals surface area contributed by atoms with Crippen molar-refractivity contribution in [2.45, 2.75) is 13.3 Å². The molecule has 0 atom stereocenters. The van der Waals surface area contributed by atoms with Gasteiger partial charge in [0.25, 0.3) is 0 Å². The summed E-state index contributed by atoms with van der Waals surface area (Å²) in [7, 11) is 0. The highest BCUT2D eigenvalue weighted by Crippen LogP contribution is 2.22. The molecular formula is C9H9NO2. The van der Waals surface area contributed by atoms with Gasteiger partial charge in [0.1, 0.15) is 0 Å². The SMILES string of the molecule is CC(=O)c1cnc2c(c1)CCO2. The predicted octanol–water partition coefficient (Wildman–Crippen LogP) is 1.22. The van der Waals surface area contributed by atoms with Crippen LogP contribution < -0.4 is 4.74 Å². The zero-order valence-corrected chi connectivity index (χ0v) is 6.83. The van der Waals surface area contributed by atoms with Gasteiger partial charge < -0.3 is 4.74 Å². The molecule has 0 radical (unpaired) electrons. The molecule has 62 valence electrons. The molecule has 3 nitrogen and oxygen atoms in total. The number of carbonyl (C=O) groups excluding carboxylic acids is 1. The number of carbonyl (C=O) groups is 1. The molecule has 0 N–H and O–H groups in total. The lowest BCUT2D eigenvalue weighted by Gasteiger charge is -1.98. The summed E-state index contributed by atoms with van der Waals surface area (Å²) in [6.45, 7) is 2.23. The van der Waals surface area contributed by atoms with E-state index in [1.165, 1.54) is 0 Å². The van der Waals surface area contributed by atoms with Gasteiger partial charge in [-0.05, 0) is 13.0 Å². The number of fused-ring (bicyclic) bond motifs is 1. The summed E-state index contributed by atoms with van der Waals surface area (Å²) in [5.74, 6) is 0.734. The average molecular weight is 163 g/mol. The van der Waals surface area contributed by atoms with Crippen LogP contribution in [0.1, 0.15) is 22.8 Å². The van der Waals surface area contributed by atoms with Crippen LogP contribution in [0.25, 0.3) is 0 Å². The normalized spacial score (nSPS) is 13.8. The zero-order chi connectivity index (χ0) is 8.55. The Kier molecular flexibility index (Phi) is 1.57. The minimum Gasteiger partial charge on any atom is -0.477 e. The van der Waals surface area contributed by atoms with Crippen LogP contribution in [0.5, 0.6) is 5.88 Å². The second kappa shape index (κ2) is 2.59. The summed E-state index contributed by atoms with van der Waals surface area (Å²) in [5, 5.41) is 0. The van der Waals surface area contributed by atoms with E-state index in [2.05, 4.69) is 4.98 Å². The lowest BCUT2D eigenvalue weighted by molar-refractivity contribution is 0.101. The third-order valence-corrected chi connectivity index (χ3v) is 1.94. The van der Waals surface area contributed by atoms with Gasteiger partial charge in [0.15, 0.2) is 5.78 Å². The molecule has 1 aliphatic rings. The Labute approximate surface area is 70.4 Å². The first-order chi connectivity index (χ1) is 5.77. The Morgan fingerprint density at radius 3 is 3.25 bits per heavy atom. The molecule has 0 amide bonds. The van der Waals surface area contributed by atoms with Gasteiger partial charge in [-0.15, -0.1) is 0 Å². The Hall–Kier alpha value is -1.38. The maximum atomic E-state index is 11.0. The fourth-order valence-electron chi connectivity index (χ4n) is 1.26. The van der Waals surface area contributed by atoms with Gasteiger partial charge in [0, 0.05) is 23.7 Å². The summed E-state index contributed by atoms with van der Waals surface area (Å²) in [6, 6.07) is 1.86. The molecule has 0 bridgehead atoms. The van der Waals surface area contributed by atoms with Crippen LogP contribution in [0.2, 0.25) is 0 Å². The van der Waals surface area contributed by atoms with Gasteiger partial charge in [-0.1, -0.05) is 0 Å². The van der Waals surface area contributed by atoms with Gasteiger partial charge in [0.05, 0.1) is 6.61 Å². The summed E-state index contributed by atoms with van der Waals surface area (Å²) in [4.78, 5) is 15.0. The van der Waals surface area contributed by atoms with Gasteiger partial charge in [-0.25, -0.2) is 4.98 Å². The Morgan fingerprint density at radius 1 is 1.67 bits per heavy atom. The lowest BCUT2D eigenvalue weighted by atomic mass is 10.1. The van der Waals surface area contributed by atoms with Crippen LogP contribution in [0, 0.1) is 0 Å². The highest BCUT2D eigenvalue weighted by Gasteiger charge is 2.14. The molecule has 0 spiro atoms. The van der Waals surface area contributed by atoms with Crippen LogP contribution in [0.4, 0.5) is 0 Å². The van der Waals surface area contributed by atoms with E-state index >= 15 is 0 Å². The van der Waals surface area contributed by atoms with Crippen LogP contribution in [-0.4, -0.2) is 17.4 Å². The molecule has 1 aromatic rings. The van der Waals surface area contributed by atoms with Crippen molar-refractivity contribution < 1.29 is 9.53 Å². The lowest BCUT2D eigenvalue weighted by Crippen LogP contribution is -1.94. The third kappa shape index (κ3) is 1.07. The molecule has 12 heavy (non-hydrogen) atoms. The maximum absolute atomic E-state index is 11.0. The monoisotopic (exact) mass is 163 g/mol. The van der Waals surface area contributed by atoms with Crippen molar-refractivity contribution in [3.05, 3.63) is 23.4 Å². The maximum Gasteiger partial charge on any atom is 0.216 e. The van der Waals surface area contributed by atoms with Crippen molar-refractivity contribution in [1.82, 2.24) is 4.98 Å². The molecule has 0 aromatic carbocycles. The molecular weight excluding hydrogens is 154 g/mol. The number of hydrogen-bond acceptors (Lipinski definition) is 3. The minimum atomic E-state index is 0.0530. The molecule has 3 heteroatoms. The molecule has 0 saturated heterocycles. The molecule has 0 saturated carbocycles. The summed E-state index contributed by atoms with van der Waals surface area (Å²) in [5.41, 5.74) is 1.71. The summed E-state index contributed by atoms with van der Waals surface area (Å²) in [6.07, 6.45) is 2.43. The highest BCUT2D eigenvalue weighted by atomic mass is 16.5. The number of nitrogens with zero attached hydrogens (tertiary/aromatic N) is 1. The zero-order valence-electron chi connectivity index (χ0n) is 6.83. The van der Waals surface area contributed by atoms with Crippen LogP contribution in [0.3, 0.4) is 0 Å². The van der Waals surface area contributed by atoms with E-state index in [4.69, 9.17) is 4.74 Å². The number of rotatable bonds is 1. The van der Waals surface area contributed by atoms with E-state index < -0.39 is 0 Å². The summed E-state index contributed by atoms with van der Waals surface area (Å²) < 4.78 is 5.21. The van der Waals surface area contributed by atoms with Crippen molar-refractivity contribution in [2.24, 2.45) is 0 Å². The minimum absolute atomic E-state index is 0.0530. The molecule has 2 heterocycles. The van der Waals surface area contributed by atoms with Crippen molar-refractivity contribution in [1.29, 1.82) is 0 Å². The first-order valence-corrected chi connectivity index (χ1v) is 3.90. The molecule has 1 aliphatic heterocycles. The first-order valence-electron chi connectivity index (χ1n) is 3.90. The van der Waals surface area contributed by atoms with Crippen molar-refractivity contribution in [2.75, 3.05) is 6.61 Å². The summed E-state index contributed by atoms with van der Waals surface area (Å²) >= 11 is 0. The van der Waals surface area contributed by atoms with Crippen molar-refractivity contribution >= 4 is 5.78 Å². The van der Waals surface area contributed by atoms with E-state index in [1.54, 1.807) is 13.1 Å². The highest BCUT2D eigenvalue weighted by molar-refractivity contribution is 5.94. The van der Waals surface area contributed by atoms with Crippen molar-refractivity contribution in [3.63, 3.8) is 0 Å². The second-order valence-electron chi connectivity index (χ2n) is 2.84. The number of pyridine rings is 1. The standard InChI is InChI=1S/C9H9NO2/c1-6(11)8-4-7-2-3-12-9(7)10-5-8/h4-5H,2-3H2,1H3. The average Bonchev–Trinajstić information content (AvgIpc) is 2.49. The quantitative estimate of drug-likeness (QED) is 0.584. The largest absolute Gasteiger partial charge is 0.477 e. The van der Waals surface area contributed by atoms with Gasteiger partial charge in [-0.2, -0.15) is 0 Å². The first kappa shape index (κ1) is 7.28. The Morgan fingerprint density at radius 2 is 2.50 bits per heavy atom. The predicted molar refractivity (Wildman–Crippen MR) is 43.4 cm³/mol. The topological polar surface area (TPSA) is 39.2 Å². The van der Waals surface area contributed by atoms with E-state index in [-0.39, 0.29) is 5.78 Å². The smallest absolute Gasteiger partial charge is 0.216 e. The van der Waals surface area contributed by atoms with E-state index in [0.717, 1.165) is 12.0 Å². The molecule has 1 aromatic heterocycles. The van der Waals surface area contributed by atoms with Gasteiger partial charge >= 0.3 is 0 Å². The molecule has 0 unspecified atom stereocenters. The van der Waals surface area contributed by atoms with Crippen LogP contribution >= 0.6 is 0 Å². The Bertz CT molecular complexity index is 333. The van der Waals surface area contributed by atoms with E-state index in [9.17, 15) is 4.79 Å². The number of Topliss-reactive ketones (excluding diaryl/α,β-unsaturated/α-hetero) is 1. The fourth-order valence-corrected chi connectivity index (χ4v) is 1.26. The van der Waals surface area contributed by atoms with E-state index in [0.29, 0.717) is 18.1 Å². The number of ether oxygens (including phenoxy) is 1.